The first-order valence-electron chi connectivity index (χ1n) is 15.0. The molecule has 2 atom stereocenters. The molecule has 3 heterocycles. The van der Waals surface area contributed by atoms with Crippen molar-refractivity contribution in [2.45, 2.75) is 70.4 Å². The van der Waals surface area contributed by atoms with Gasteiger partial charge in [0.2, 0.25) is 0 Å². The van der Waals surface area contributed by atoms with Crippen LogP contribution < -0.4 is 0 Å². The largest absolute Gasteiger partial charge is 0.481 e. The fourth-order valence-electron chi connectivity index (χ4n) is 6.90. The lowest BCUT2D eigenvalue weighted by Gasteiger charge is -2.36. The van der Waals surface area contributed by atoms with E-state index in [2.05, 4.69) is 22.8 Å². The molecule has 2 aliphatic heterocycles. The summed E-state index contributed by atoms with van der Waals surface area (Å²) >= 11 is 0. The second kappa shape index (κ2) is 12.6. The molecule has 3 aromatic rings. The molecule has 2 fully saturated rings. The van der Waals surface area contributed by atoms with Crippen LogP contribution in [0.3, 0.4) is 0 Å². The number of likely N-dealkylation sites (tertiary alicyclic amines) is 2. The number of hydrogen-bond acceptors (Lipinski definition) is 4. The Labute approximate surface area is 246 Å². The molecule has 226 valence electrons. The molecule has 9 heteroatoms. The predicted molar refractivity (Wildman–Crippen MR) is 156 cm³/mol. The monoisotopic (exact) mass is 582 g/mol. The fraction of sp³-hybridized carbons (Fsp3) is 0.515. The Morgan fingerprint density at radius 2 is 1.79 bits per heavy atom. The van der Waals surface area contributed by atoms with E-state index in [1.54, 1.807) is 18.2 Å². The van der Waals surface area contributed by atoms with Crippen molar-refractivity contribution in [1.82, 2.24) is 19.6 Å². The van der Waals surface area contributed by atoms with Crippen molar-refractivity contribution in [3.8, 4) is 0 Å². The molecule has 2 aromatic carbocycles. The van der Waals surface area contributed by atoms with E-state index in [1.165, 1.54) is 17.8 Å². The van der Waals surface area contributed by atoms with Gasteiger partial charge in [0.1, 0.15) is 5.82 Å². The molecule has 1 aromatic heterocycles. The molecule has 2 aliphatic rings. The lowest BCUT2D eigenvalue weighted by atomic mass is 9.87. The first-order valence-corrected chi connectivity index (χ1v) is 15.0. The summed E-state index contributed by atoms with van der Waals surface area (Å²) in [4.78, 5) is 16.3. The molecule has 42 heavy (non-hydrogen) atoms. The summed E-state index contributed by atoms with van der Waals surface area (Å²) < 4.78 is 43.3. The zero-order valence-electron chi connectivity index (χ0n) is 24.7. The summed E-state index contributed by atoms with van der Waals surface area (Å²) in [5, 5.41) is 14.3. The molecule has 0 unspecified atom stereocenters. The number of nitrogens with zero attached hydrogens (tertiary/aromatic N) is 4. The van der Waals surface area contributed by atoms with Gasteiger partial charge in [-0.1, -0.05) is 18.2 Å². The topological polar surface area (TPSA) is 61.6 Å². The minimum absolute atomic E-state index is 0.0597. The number of halogens is 3. The van der Waals surface area contributed by atoms with E-state index in [-0.39, 0.29) is 24.1 Å². The Morgan fingerprint density at radius 3 is 2.45 bits per heavy atom. The minimum Gasteiger partial charge on any atom is -0.481 e. The summed E-state index contributed by atoms with van der Waals surface area (Å²) in [6.45, 7) is 11.0. The Morgan fingerprint density at radius 1 is 1.02 bits per heavy atom. The highest BCUT2D eigenvalue weighted by Gasteiger charge is 2.42. The first kappa shape index (κ1) is 30.3. The van der Waals surface area contributed by atoms with Crippen molar-refractivity contribution in [2.24, 2.45) is 5.92 Å². The van der Waals surface area contributed by atoms with Crippen LogP contribution in [0.4, 0.5) is 13.2 Å². The lowest BCUT2D eigenvalue weighted by molar-refractivity contribution is -0.139. The smallest absolute Gasteiger partial charge is 0.305 e. The van der Waals surface area contributed by atoms with Gasteiger partial charge < -0.3 is 10.0 Å². The van der Waals surface area contributed by atoms with E-state index in [4.69, 9.17) is 5.10 Å². The molecule has 0 spiro atoms. The molecule has 6 nitrogen and oxygen atoms in total. The third-order valence-electron chi connectivity index (χ3n) is 9.19. The molecule has 1 N–H and O–H groups in total. The summed E-state index contributed by atoms with van der Waals surface area (Å²) in [6, 6.07) is 13.0. The third kappa shape index (κ3) is 6.89. The highest BCUT2D eigenvalue weighted by molar-refractivity contribution is 5.68. The summed E-state index contributed by atoms with van der Waals surface area (Å²) in [5.41, 5.74) is 3.22. The quantitative estimate of drug-likeness (QED) is 0.315. The predicted octanol–water partition coefficient (Wildman–Crippen LogP) is 6.06. The fourth-order valence-corrected chi connectivity index (χ4v) is 6.90. The van der Waals surface area contributed by atoms with Crippen molar-refractivity contribution in [2.75, 3.05) is 32.7 Å². The van der Waals surface area contributed by atoms with Crippen molar-refractivity contribution < 1.29 is 23.1 Å². The van der Waals surface area contributed by atoms with Gasteiger partial charge in [-0.25, -0.2) is 13.2 Å². The van der Waals surface area contributed by atoms with Crippen LogP contribution in [0.15, 0.2) is 48.5 Å². The van der Waals surface area contributed by atoms with Crippen molar-refractivity contribution >= 4 is 5.97 Å². The van der Waals surface area contributed by atoms with Gasteiger partial charge in [0.05, 0.1) is 12.1 Å². The Kier molecular flexibility index (Phi) is 9.08. The van der Waals surface area contributed by atoms with Crippen molar-refractivity contribution in [3.63, 3.8) is 0 Å². The number of aryl methyl sites for hydroxylation is 1. The maximum Gasteiger partial charge on any atom is 0.305 e. The van der Waals surface area contributed by atoms with E-state index in [9.17, 15) is 23.1 Å². The number of aliphatic carboxylic acids is 1. The van der Waals surface area contributed by atoms with Gasteiger partial charge in [-0.15, -0.1) is 0 Å². The van der Waals surface area contributed by atoms with Gasteiger partial charge in [0, 0.05) is 55.7 Å². The third-order valence-corrected chi connectivity index (χ3v) is 9.19. The molecule has 0 bridgehead atoms. The number of rotatable bonds is 10. The standard InChI is InChI=1S/C33H41F3N4O2/c1-4-40-31(17-27(37-40)14-22-8-9-29(35)30(36)15-22)23-10-12-38(13-11-23)19-25-20-39(33(2,3)18-32(41)42)21-28(25)24-6-5-7-26(34)16-24/h5-9,15-17,23,25,28H,4,10-14,18-21H2,1-3H3,(H,41,42)/t25-,28+/m0/s1. The van der Waals surface area contributed by atoms with Crippen LogP contribution in [0, 0.1) is 23.4 Å². The van der Waals surface area contributed by atoms with Crippen LogP contribution in [-0.4, -0.2) is 68.9 Å². The van der Waals surface area contributed by atoms with Gasteiger partial charge in [-0.3, -0.25) is 14.4 Å². The average molecular weight is 583 g/mol. The zero-order chi connectivity index (χ0) is 30.0. The molecule has 0 radical (unpaired) electrons. The van der Waals surface area contributed by atoms with Crippen LogP contribution in [-0.2, 0) is 17.8 Å². The molecule has 0 aliphatic carbocycles. The van der Waals surface area contributed by atoms with Crippen molar-refractivity contribution in [1.29, 1.82) is 0 Å². The molecular weight excluding hydrogens is 541 g/mol. The van der Waals surface area contributed by atoms with E-state index in [0.29, 0.717) is 24.4 Å². The van der Waals surface area contributed by atoms with Crippen LogP contribution in [0.5, 0.6) is 0 Å². The highest BCUT2D eigenvalue weighted by Crippen LogP contribution is 2.39. The SMILES string of the molecule is CCn1nc(Cc2ccc(F)c(F)c2)cc1C1CCN(C[C@H]2CN(C(C)(C)CC(=O)O)C[C@@H]2c2cccc(F)c2)CC1. The number of benzene rings is 2. The Hall–Kier alpha value is -3.17. The van der Waals surface area contributed by atoms with Crippen LogP contribution >= 0.6 is 0 Å². The highest BCUT2D eigenvalue weighted by atomic mass is 19.2. The second-order valence-corrected chi connectivity index (χ2v) is 12.6. The summed E-state index contributed by atoms with van der Waals surface area (Å²) in [5.74, 6) is -1.99. The lowest BCUT2D eigenvalue weighted by Crippen LogP contribution is -2.45. The van der Waals surface area contributed by atoms with E-state index in [1.807, 2.05) is 24.6 Å². The molecule has 2 saturated heterocycles. The summed E-state index contributed by atoms with van der Waals surface area (Å²) in [6.07, 6.45) is 2.49. The maximum absolute atomic E-state index is 14.2. The number of carboxylic acids is 1. The Bertz CT molecular complexity index is 1400. The van der Waals surface area contributed by atoms with E-state index in [0.717, 1.165) is 62.9 Å². The number of aromatic nitrogens is 2. The maximum atomic E-state index is 14.2. The van der Waals surface area contributed by atoms with Crippen LogP contribution in [0.1, 0.15) is 74.4 Å². The number of carbonyl (C=O) groups is 1. The van der Waals surface area contributed by atoms with Gasteiger partial charge in [-0.2, -0.15) is 5.10 Å². The normalized spacial score (nSPS) is 20.8. The van der Waals surface area contributed by atoms with Gasteiger partial charge in [0.15, 0.2) is 11.6 Å². The second-order valence-electron chi connectivity index (χ2n) is 12.6. The van der Waals surface area contributed by atoms with Crippen molar-refractivity contribution in [3.05, 3.63) is 88.5 Å². The zero-order valence-corrected chi connectivity index (χ0v) is 24.7. The molecule has 5 rings (SSSR count). The van der Waals surface area contributed by atoms with Crippen LogP contribution in [0.2, 0.25) is 0 Å². The van der Waals surface area contributed by atoms with E-state index < -0.39 is 23.1 Å². The molecular formula is C33H41F3N4O2. The summed E-state index contributed by atoms with van der Waals surface area (Å²) in [7, 11) is 0. The first-order chi connectivity index (χ1) is 20.0. The molecule has 0 saturated carbocycles. The number of carboxylic acid groups (broad SMARTS) is 1. The Balaban J connectivity index is 1.25. The van der Waals surface area contributed by atoms with Gasteiger partial charge in [0.25, 0.3) is 0 Å². The van der Waals surface area contributed by atoms with Gasteiger partial charge >= 0.3 is 5.97 Å². The number of piperidine rings is 1. The molecule has 0 amide bonds. The van der Waals surface area contributed by atoms with E-state index >= 15 is 0 Å². The van der Waals surface area contributed by atoms with Crippen LogP contribution in [0.25, 0.3) is 0 Å². The average Bonchev–Trinajstić information content (AvgIpc) is 3.55. The van der Waals surface area contributed by atoms with Gasteiger partial charge in [-0.05, 0) is 94.1 Å². The minimum atomic E-state index is -0.846. The number of hydrogen-bond donors (Lipinski definition) is 1.